The summed E-state index contributed by atoms with van der Waals surface area (Å²) in [5, 5.41) is 0. The van der Waals surface area contributed by atoms with Gasteiger partial charge in [-0.1, -0.05) is 29.8 Å². The van der Waals surface area contributed by atoms with E-state index >= 15 is 0 Å². The molecule has 0 aliphatic rings. The number of imidazole rings is 1. The van der Waals surface area contributed by atoms with E-state index in [0.29, 0.717) is 5.95 Å². The van der Waals surface area contributed by atoms with E-state index in [2.05, 4.69) is 36.2 Å². The monoisotopic (exact) mass is 201 g/mol. The molecule has 2 N–H and O–H groups in total. The minimum absolute atomic E-state index is 0.586. The Kier molecular flexibility index (Phi) is 2.72. The molecule has 1 aromatic heterocycles. The van der Waals surface area contributed by atoms with Crippen molar-refractivity contribution in [1.82, 2.24) is 9.55 Å². The third-order valence-corrected chi connectivity index (χ3v) is 2.47. The normalized spacial score (nSPS) is 10.5. The van der Waals surface area contributed by atoms with Crippen molar-refractivity contribution in [3.8, 4) is 0 Å². The largest absolute Gasteiger partial charge is 0.369 e. The van der Waals surface area contributed by atoms with E-state index < -0.39 is 0 Å². The van der Waals surface area contributed by atoms with Gasteiger partial charge in [0.2, 0.25) is 0 Å². The number of nitrogens with zero attached hydrogens (tertiary/aromatic N) is 2. The molecule has 2 aromatic rings. The van der Waals surface area contributed by atoms with Crippen LogP contribution in [0.25, 0.3) is 0 Å². The number of benzene rings is 1. The van der Waals surface area contributed by atoms with Crippen LogP contribution in [0.1, 0.15) is 11.1 Å². The number of nitrogens with two attached hydrogens (primary N) is 1. The van der Waals surface area contributed by atoms with Crippen LogP contribution < -0.4 is 5.73 Å². The molecule has 15 heavy (non-hydrogen) atoms. The number of anilines is 1. The van der Waals surface area contributed by atoms with E-state index in [0.717, 1.165) is 13.0 Å². The minimum Gasteiger partial charge on any atom is -0.369 e. The summed E-state index contributed by atoms with van der Waals surface area (Å²) >= 11 is 0. The fraction of sp³-hybridized carbons (Fsp3) is 0.250. The molecule has 0 saturated carbocycles. The van der Waals surface area contributed by atoms with Gasteiger partial charge in [0.1, 0.15) is 0 Å². The van der Waals surface area contributed by atoms with Crippen molar-refractivity contribution in [3.05, 3.63) is 47.8 Å². The average molecular weight is 201 g/mol. The average Bonchev–Trinajstić information content (AvgIpc) is 2.61. The van der Waals surface area contributed by atoms with Crippen molar-refractivity contribution in [2.75, 3.05) is 5.73 Å². The number of rotatable bonds is 3. The first-order chi connectivity index (χ1) is 7.25. The van der Waals surface area contributed by atoms with Gasteiger partial charge in [0.15, 0.2) is 5.95 Å². The van der Waals surface area contributed by atoms with Crippen LogP contribution in [0.3, 0.4) is 0 Å². The molecule has 0 amide bonds. The summed E-state index contributed by atoms with van der Waals surface area (Å²) in [5.41, 5.74) is 8.32. The van der Waals surface area contributed by atoms with Crippen molar-refractivity contribution in [3.63, 3.8) is 0 Å². The fourth-order valence-corrected chi connectivity index (χ4v) is 1.65. The molecule has 0 aliphatic heterocycles. The van der Waals surface area contributed by atoms with Crippen molar-refractivity contribution in [2.24, 2.45) is 0 Å². The Hall–Kier alpha value is -1.77. The number of nitrogen functional groups attached to an aromatic ring is 1. The SMILES string of the molecule is Cc1cccc(CCn2ccnc2N)c1. The van der Waals surface area contributed by atoms with Gasteiger partial charge in [-0.15, -0.1) is 0 Å². The van der Waals surface area contributed by atoms with Crippen molar-refractivity contribution in [1.29, 1.82) is 0 Å². The standard InChI is InChI=1S/C12H15N3/c1-10-3-2-4-11(9-10)5-7-15-8-6-14-12(15)13/h2-4,6,8-9H,5,7H2,1H3,(H2,13,14). The van der Waals surface area contributed by atoms with Crippen LogP contribution in [-0.4, -0.2) is 9.55 Å². The molecule has 0 spiro atoms. The van der Waals surface area contributed by atoms with Gasteiger partial charge in [0.25, 0.3) is 0 Å². The zero-order valence-electron chi connectivity index (χ0n) is 8.85. The Morgan fingerprint density at radius 3 is 2.93 bits per heavy atom. The lowest BCUT2D eigenvalue weighted by atomic mass is 10.1. The van der Waals surface area contributed by atoms with Crippen molar-refractivity contribution < 1.29 is 0 Å². The highest BCUT2D eigenvalue weighted by molar-refractivity contribution is 5.23. The van der Waals surface area contributed by atoms with E-state index in [1.165, 1.54) is 11.1 Å². The van der Waals surface area contributed by atoms with Crippen LogP contribution in [0.4, 0.5) is 5.95 Å². The van der Waals surface area contributed by atoms with Crippen LogP contribution in [0.15, 0.2) is 36.7 Å². The molecular weight excluding hydrogens is 186 g/mol. The first-order valence-electron chi connectivity index (χ1n) is 5.08. The quantitative estimate of drug-likeness (QED) is 0.825. The lowest BCUT2D eigenvalue weighted by molar-refractivity contribution is 0.705. The molecule has 0 aliphatic carbocycles. The number of aromatic nitrogens is 2. The Balaban J connectivity index is 2.02. The minimum atomic E-state index is 0.586. The molecule has 2 rings (SSSR count). The number of aryl methyl sites for hydroxylation is 3. The lowest BCUT2D eigenvalue weighted by Gasteiger charge is -2.05. The van der Waals surface area contributed by atoms with E-state index in [-0.39, 0.29) is 0 Å². The zero-order valence-corrected chi connectivity index (χ0v) is 8.85. The van der Waals surface area contributed by atoms with Gasteiger partial charge >= 0.3 is 0 Å². The smallest absolute Gasteiger partial charge is 0.200 e. The molecule has 3 heteroatoms. The number of hydrogen-bond acceptors (Lipinski definition) is 2. The van der Waals surface area contributed by atoms with Crippen LogP contribution in [0.5, 0.6) is 0 Å². The highest BCUT2D eigenvalue weighted by Gasteiger charge is 1.98. The predicted octanol–water partition coefficient (Wildman–Crippen LogP) is 2.02. The molecule has 0 saturated heterocycles. The second-order valence-electron chi connectivity index (χ2n) is 3.72. The zero-order chi connectivity index (χ0) is 10.7. The fourth-order valence-electron chi connectivity index (χ4n) is 1.65. The molecular formula is C12H15N3. The lowest BCUT2D eigenvalue weighted by Crippen LogP contribution is -2.04. The van der Waals surface area contributed by atoms with Gasteiger partial charge in [-0.2, -0.15) is 0 Å². The summed E-state index contributed by atoms with van der Waals surface area (Å²) in [6.45, 7) is 2.99. The maximum absolute atomic E-state index is 5.69. The van der Waals surface area contributed by atoms with E-state index in [4.69, 9.17) is 5.73 Å². The molecule has 0 atom stereocenters. The summed E-state index contributed by atoms with van der Waals surface area (Å²) in [7, 11) is 0. The predicted molar refractivity (Wildman–Crippen MR) is 61.5 cm³/mol. The highest BCUT2D eigenvalue weighted by Crippen LogP contribution is 2.07. The van der Waals surface area contributed by atoms with E-state index in [9.17, 15) is 0 Å². The van der Waals surface area contributed by atoms with E-state index in [1.807, 2.05) is 10.8 Å². The molecule has 0 unspecified atom stereocenters. The molecule has 0 bridgehead atoms. The maximum atomic E-state index is 5.69. The van der Waals surface area contributed by atoms with Gasteiger partial charge in [-0.25, -0.2) is 4.98 Å². The van der Waals surface area contributed by atoms with Crippen molar-refractivity contribution >= 4 is 5.95 Å². The summed E-state index contributed by atoms with van der Waals surface area (Å²) in [6.07, 6.45) is 4.62. The second kappa shape index (κ2) is 4.17. The maximum Gasteiger partial charge on any atom is 0.200 e. The molecule has 3 nitrogen and oxygen atoms in total. The third kappa shape index (κ3) is 2.37. The molecule has 0 fully saturated rings. The Morgan fingerprint density at radius 1 is 1.40 bits per heavy atom. The topological polar surface area (TPSA) is 43.8 Å². The molecule has 1 aromatic carbocycles. The summed E-state index contributed by atoms with van der Waals surface area (Å²) in [5.74, 6) is 0.586. The molecule has 78 valence electrons. The first-order valence-corrected chi connectivity index (χ1v) is 5.08. The Morgan fingerprint density at radius 2 is 2.27 bits per heavy atom. The second-order valence-corrected chi connectivity index (χ2v) is 3.72. The van der Waals surface area contributed by atoms with Gasteiger partial charge in [-0.05, 0) is 18.9 Å². The summed E-state index contributed by atoms with van der Waals surface area (Å²) in [6, 6.07) is 8.53. The van der Waals surface area contributed by atoms with Crippen LogP contribution >= 0.6 is 0 Å². The van der Waals surface area contributed by atoms with Gasteiger partial charge in [0, 0.05) is 18.9 Å². The van der Waals surface area contributed by atoms with Crippen LogP contribution in [0, 0.1) is 6.92 Å². The molecule has 1 heterocycles. The van der Waals surface area contributed by atoms with Crippen LogP contribution in [-0.2, 0) is 13.0 Å². The highest BCUT2D eigenvalue weighted by atomic mass is 15.1. The Labute approximate surface area is 89.6 Å². The Bertz CT molecular complexity index is 446. The molecule has 0 radical (unpaired) electrons. The van der Waals surface area contributed by atoms with Gasteiger partial charge in [0.05, 0.1) is 0 Å². The van der Waals surface area contributed by atoms with Gasteiger partial charge in [-0.3, -0.25) is 0 Å². The third-order valence-electron chi connectivity index (χ3n) is 2.47. The first kappa shape index (κ1) is 9.77. The van der Waals surface area contributed by atoms with Crippen molar-refractivity contribution in [2.45, 2.75) is 19.9 Å². The van der Waals surface area contributed by atoms with Crippen LogP contribution in [0.2, 0.25) is 0 Å². The van der Waals surface area contributed by atoms with E-state index in [1.54, 1.807) is 6.20 Å². The summed E-state index contributed by atoms with van der Waals surface area (Å²) < 4.78 is 1.96. The summed E-state index contributed by atoms with van der Waals surface area (Å²) in [4.78, 5) is 3.99. The van der Waals surface area contributed by atoms with Gasteiger partial charge < -0.3 is 10.3 Å². The number of hydrogen-bond donors (Lipinski definition) is 1.